The first-order valence-corrected chi connectivity index (χ1v) is 7.77. The fourth-order valence-electron chi connectivity index (χ4n) is 3.87. The molecule has 3 aliphatic carbocycles. The second kappa shape index (κ2) is 4.52. The maximum atomic E-state index is 5.93. The molecule has 102 valence electrons. The minimum absolute atomic E-state index is 0.488. The van der Waals surface area contributed by atoms with Gasteiger partial charge in [0.25, 0.3) is 0 Å². The Morgan fingerprint density at radius 1 is 1.16 bits per heavy atom. The van der Waals surface area contributed by atoms with Gasteiger partial charge in [-0.25, -0.2) is 0 Å². The summed E-state index contributed by atoms with van der Waals surface area (Å²) < 4.78 is 5.93. The highest BCUT2D eigenvalue weighted by Gasteiger charge is 2.47. The van der Waals surface area contributed by atoms with Crippen molar-refractivity contribution in [2.24, 2.45) is 17.8 Å². The van der Waals surface area contributed by atoms with Gasteiger partial charge in [0, 0.05) is 6.04 Å². The van der Waals surface area contributed by atoms with E-state index in [4.69, 9.17) is 4.74 Å². The Bertz CT molecular complexity index is 458. The van der Waals surface area contributed by atoms with E-state index in [2.05, 4.69) is 36.6 Å². The third-order valence-corrected chi connectivity index (χ3v) is 5.11. The molecule has 1 N–H and O–H groups in total. The zero-order chi connectivity index (χ0) is 12.8. The second-order valence-electron chi connectivity index (χ2n) is 6.64. The van der Waals surface area contributed by atoms with Gasteiger partial charge in [0.05, 0.1) is 6.10 Å². The molecule has 2 nitrogen and oxygen atoms in total. The zero-order valence-corrected chi connectivity index (χ0v) is 11.6. The van der Waals surface area contributed by atoms with Gasteiger partial charge in [-0.05, 0) is 74.6 Å². The van der Waals surface area contributed by atoms with Gasteiger partial charge in [0.1, 0.15) is 5.75 Å². The van der Waals surface area contributed by atoms with E-state index in [0.29, 0.717) is 12.1 Å². The van der Waals surface area contributed by atoms with Crippen LogP contribution in [0.15, 0.2) is 24.3 Å². The second-order valence-corrected chi connectivity index (χ2v) is 6.64. The monoisotopic (exact) mass is 257 g/mol. The van der Waals surface area contributed by atoms with Gasteiger partial charge < -0.3 is 10.1 Å². The molecule has 0 bridgehead atoms. The summed E-state index contributed by atoms with van der Waals surface area (Å²) in [6.07, 6.45) is 7.28. The average molecular weight is 257 g/mol. The van der Waals surface area contributed by atoms with E-state index in [9.17, 15) is 0 Å². The summed E-state index contributed by atoms with van der Waals surface area (Å²) in [5, 5.41) is 3.54. The topological polar surface area (TPSA) is 21.3 Å². The van der Waals surface area contributed by atoms with Crippen molar-refractivity contribution in [2.45, 2.75) is 44.2 Å². The molecule has 0 aliphatic heterocycles. The molecule has 0 saturated heterocycles. The first-order chi connectivity index (χ1) is 9.33. The minimum atomic E-state index is 0.488. The molecule has 0 spiro atoms. The van der Waals surface area contributed by atoms with Crippen LogP contribution in [0.2, 0.25) is 0 Å². The van der Waals surface area contributed by atoms with Gasteiger partial charge in [0.2, 0.25) is 0 Å². The fourth-order valence-corrected chi connectivity index (χ4v) is 3.87. The van der Waals surface area contributed by atoms with Gasteiger partial charge in [-0.2, -0.15) is 0 Å². The van der Waals surface area contributed by atoms with Crippen LogP contribution >= 0.6 is 0 Å². The molecule has 1 aromatic rings. The molecule has 3 atom stereocenters. The van der Waals surface area contributed by atoms with Crippen molar-refractivity contribution in [1.82, 2.24) is 5.32 Å². The summed E-state index contributed by atoms with van der Waals surface area (Å²) in [6, 6.07) is 9.26. The molecule has 0 heterocycles. The molecule has 0 aromatic heterocycles. The van der Waals surface area contributed by atoms with Crippen LogP contribution in [-0.4, -0.2) is 13.2 Å². The number of hydrogen-bond acceptors (Lipinski definition) is 2. The number of fused-ring (bicyclic) bond motifs is 1. The summed E-state index contributed by atoms with van der Waals surface area (Å²) in [4.78, 5) is 0. The van der Waals surface area contributed by atoms with Crippen LogP contribution in [0.1, 0.15) is 43.7 Å². The molecule has 3 aliphatic rings. The number of rotatable bonds is 5. The van der Waals surface area contributed by atoms with E-state index in [1.807, 2.05) is 0 Å². The molecule has 3 unspecified atom stereocenters. The fraction of sp³-hybridized carbons (Fsp3) is 0.647. The predicted octanol–water partition coefficient (Wildman–Crippen LogP) is 3.53. The molecule has 19 heavy (non-hydrogen) atoms. The van der Waals surface area contributed by atoms with Gasteiger partial charge >= 0.3 is 0 Å². The van der Waals surface area contributed by atoms with Crippen molar-refractivity contribution < 1.29 is 4.74 Å². The van der Waals surface area contributed by atoms with E-state index in [0.717, 1.165) is 23.5 Å². The number of hydrogen-bond donors (Lipinski definition) is 1. The highest BCUT2D eigenvalue weighted by molar-refractivity contribution is 5.32. The lowest BCUT2D eigenvalue weighted by Crippen LogP contribution is -2.24. The van der Waals surface area contributed by atoms with E-state index < -0.39 is 0 Å². The maximum absolute atomic E-state index is 5.93. The lowest BCUT2D eigenvalue weighted by molar-refractivity contribution is 0.301. The predicted molar refractivity (Wildman–Crippen MR) is 76.2 cm³/mol. The van der Waals surface area contributed by atoms with Crippen LogP contribution in [0.3, 0.4) is 0 Å². The van der Waals surface area contributed by atoms with E-state index in [-0.39, 0.29) is 0 Å². The highest BCUT2D eigenvalue weighted by Crippen LogP contribution is 2.57. The average Bonchev–Trinajstić information content (AvgIpc) is 3.33. The van der Waals surface area contributed by atoms with E-state index >= 15 is 0 Å². The summed E-state index contributed by atoms with van der Waals surface area (Å²) in [5.74, 6) is 3.98. The van der Waals surface area contributed by atoms with Crippen molar-refractivity contribution in [3.05, 3.63) is 29.8 Å². The normalized spacial score (nSPS) is 33.8. The standard InChI is InChI=1S/C17H23NO/c1-18-17(14-8-12-7-13(12)9-14)11-3-2-4-16(10-11)19-15-5-6-15/h2-4,10,12-15,17-18H,5-9H2,1H3. The molecular formula is C17H23NO. The SMILES string of the molecule is CNC(c1cccc(OC2CC2)c1)C1CC2CC2C1. The molecular weight excluding hydrogens is 234 g/mol. The van der Waals surface area contributed by atoms with Crippen LogP contribution in [0, 0.1) is 17.8 Å². The quantitative estimate of drug-likeness (QED) is 0.871. The number of benzene rings is 1. The zero-order valence-electron chi connectivity index (χ0n) is 11.6. The van der Waals surface area contributed by atoms with Crippen molar-refractivity contribution >= 4 is 0 Å². The number of ether oxygens (including phenoxy) is 1. The maximum Gasteiger partial charge on any atom is 0.120 e. The lowest BCUT2D eigenvalue weighted by Gasteiger charge is -2.25. The summed E-state index contributed by atoms with van der Waals surface area (Å²) in [7, 11) is 2.10. The molecule has 0 radical (unpaired) electrons. The van der Waals surface area contributed by atoms with Crippen molar-refractivity contribution in [1.29, 1.82) is 0 Å². The van der Waals surface area contributed by atoms with Gasteiger partial charge in [0.15, 0.2) is 0 Å². The molecule has 3 fully saturated rings. The number of nitrogens with one attached hydrogen (secondary N) is 1. The van der Waals surface area contributed by atoms with Crippen molar-refractivity contribution in [3.63, 3.8) is 0 Å². The summed E-state index contributed by atoms with van der Waals surface area (Å²) >= 11 is 0. The Balaban J connectivity index is 1.51. The molecule has 2 heteroatoms. The molecule has 3 saturated carbocycles. The van der Waals surface area contributed by atoms with Crippen LogP contribution in [-0.2, 0) is 0 Å². The Morgan fingerprint density at radius 3 is 2.63 bits per heavy atom. The van der Waals surface area contributed by atoms with Crippen molar-refractivity contribution in [3.8, 4) is 5.75 Å². The van der Waals surface area contributed by atoms with Gasteiger partial charge in [-0.3, -0.25) is 0 Å². The van der Waals surface area contributed by atoms with Crippen molar-refractivity contribution in [2.75, 3.05) is 7.05 Å². The summed E-state index contributed by atoms with van der Waals surface area (Å²) in [5.41, 5.74) is 1.41. The van der Waals surface area contributed by atoms with E-state index in [1.54, 1.807) is 0 Å². The third kappa shape index (κ3) is 2.38. The highest BCUT2D eigenvalue weighted by atomic mass is 16.5. The van der Waals surface area contributed by atoms with Crippen LogP contribution < -0.4 is 10.1 Å². The van der Waals surface area contributed by atoms with Gasteiger partial charge in [-0.15, -0.1) is 0 Å². The lowest BCUT2D eigenvalue weighted by atomic mass is 9.89. The van der Waals surface area contributed by atoms with Crippen LogP contribution in [0.5, 0.6) is 5.75 Å². The molecule has 4 rings (SSSR count). The smallest absolute Gasteiger partial charge is 0.120 e. The van der Waals surface area contributed by atoms with Crippen LogP contribution in [0.4, 0.5) is 0 Å². The van der Waals surface area contributed by atoms with Gasteiger partial charge in [-0.1, -0.05) is 12.1 Å². The summed E-state index contributed by atoms with van der Waals surface area (Å²) in [6.45, 7) is 0. The minimum Gasteiger partial charge on any atom is -0.490 e. The largest absolute Gasteiger partial charge is 0.490 e. The first kappa shape index (κ1) is 11.8. The third-order valence-electron chi connectivity index (χ3n) is 5.11. The molecule has 1 aromatic carbocycles. The van der Waals surface area contributed by atoms with E-state index in [1.165, 1.54) is 37.7 Å². The molecule has 0 amide bonds. The first-order valence-electron chi connectivity index (χ1n) is 7.77. The Morgan fingerprint density at radius 2 is 1.95 bits per heavy atom. The Kier molecular flexibility index (Phi) is 2.80. The Labute approximate surface area is 115 Å². The van der Waals surface area contributed by atoms with Crippen LogP contribution in [0.25, 0.3) is 0 Å². The Hall–Kier alpha value is -1.02.